The average molecular weight is 540 g/mol. The summed E-state index contributed by atoms with van der Waals surface area (Å²) in [7, 11) is 0. The lowest BCUT2D eigenvalue weighted by Crippen LogP contribution is -2.31. The molecular formula is C34H41N3O3. The Morgan fingerprint density at radius 1 is 0.875 bits per heavy atom. The molecule has 0 radical (unpaired) electrons. The molecule has 1 N–H and O–H groups in total. The summed E-state index contributed by atoms with van der Waals surface area (Å²) in [6.07, 6.45) is 7.61. The number of imidazole rings is 1. The number of aromatic carboxylic acids is 1. The van der Waals surface area contributed by atoms with E-state index < -0.39 is 5.97 Å². The normalized spacial score (nSPS) is 11.2. The predicted octanol–water partition coefficient (Wildman–Crippen LogP) is 8.12. The van der Waals surface area contributed by atoms with Crippen LogP contribution in [0.15, 0.2) is 66.7 Å². The fourth-order valence-corrected chi connectivity index (χ4v) is 5.19. The summed E-state index contributed by atoms with van der Waals surface area (Å²) in [5, 5.41) is 9.61. The van der Waals surface area contributed by atoms with Crippen molar-refractivity contribution in [3.8, 4) is 11.1 Å². The van der Waals surface area contributed by atoms with E-state index in [4.69, 9.17) is 4.98 Å². The summed E-state index contributed by atoms with van der Waals surface area (Å²) >= 11 is 0. The molecule has 4 rings (SSSR count). The van der Waals surface area contributed by atoms with E-state index in [0.717, 1.165) is 85.2 Å². The van der Waals surface area contributed by atoms with Gasteiger partial charge >= 0.3 is 5.97 Å². The number of carbonyl (C=O) groups is 2. The topological polar surface area (TPSA) is 75.4 Å². The number of aromatic nitrogens is 2. The van der Waals surface area contributed by atoms with Crippen LogP contribution in [0.25, 0.3) is 22.2 Å². The number of nitrogens with zero attached hydrogens (tertiary/aromatic N) is 3. The van der Waals surface area contributed by atoms with Crippen LogP contribution < -0.4 is 4.90 Å². The van der Waals surface area contributed by atoms with Crippen molar-refractivity contribution in [1.29, 1.82) is 0 Å². The van der Waals surface area contributed by atoms with E-state index in [9.17, 15) is 14.7 Å². The first kappa shape index (κ1) is 29.1. The van der Waals surface area contributed by atoms with Gasteiger partial charge in [0.25, 0.3) is 0 Å². The average Bonchev–Trinajstić information content (AvgIpc) is 3.30. The Kier molecular flexibility index (Phi) is 10.1. The van der Waals surface area contributed by atoms with E-state index in [1.165, 1.54) is 0 Å². The molecule has 0 aliphatic rings. The molecule has 0 aliphatic heterocycles. The Balaban J connectivity index is 1.69. The molecule has 3 aromatic carbocycles. The van der Waals surface area contributed by atoms with Crippen LogP contribution in [0, 0.1) is 0 Å². The van der Waals surface area contributed by atoms with Gasteiger partial charge in [0.1, 0.15) is 5.82 Å². The standard InChI is InChI=1S/C34H41N3O3/c1-4-7-11-22-36(33(38)12-6-3)27-20-21-30-31(23-27)37(32(35-30)15-8-5-2)24-25-16-18-26(19-17-25)28-13-9-10-14-29(28)34(39)40/h9-10,13-14,16-21,23H,4-8,11-12,15,22,24H2,1-3H3,(H,39,40). The molecule has 0 bridgehead atoms. The van der Waals surface area contributed by atoms with Crippen LogP contribution in [0.4, 0.5) is 5.69 Å². The number of amides is 1. The van der Waals surface area contributed by atoms with Gasteiger partial charge in [0.05, 0.1) is 16.6 Å². The summed E-state index contributed by atoms with van der Waals surface area (Å²) in [5.41, 5.74) is 5.91. The van der Waals surface area contributed by atoms with Crippen LogP contribution in [-0.2, 0) is 17.8 Å². The van der Waals surface area contributed by atoms with Gasteiger partial charge in [0.2, 0.25) is 5.91 Å². The van der Waals surface area contributed by atoms with E-state index in [0.29, 0.717) is 24.1 Å². The molecular weight excluding hydrogens is 498 g/mol. The van der Waals surface area contributed by atoms with Gasteiger partial charge in [-0.25, -0.2) is 9.78 Å². The molecule has 1 amide bonds. The zero-order valence-electron chi connectivity index (χ0n) is 24.0. The number of hydrogen-bond donors (Lipinski definition) is 1. The van der Waals surface area contributed by atoms with Gasteiger partial charge in [-0.15, -0.1) is 0 Å². The minimum Gasteiger partial charge on any atom is -0.478 e. The zero-order valence-corrected chi connectivity index (χ0v) is 24.0. The van der Waals surface area contributed by atoms with Gasteiger partial charge in [-0.2, -0.15) is 0 Å². The molecule has 0 spiro atoms. The second-order valence-electron chi connectivity index (χ2n) is 10.4. The summed E-state index contributed by atoms with van der Waals surface area (Å²) < 4.78 is 2.28. The Morgan fingerprint density at radius 2 is 1.62 bits per heavy atom. The third-order valence-corrected chi connectivity index (χ3v) is 7.39. The van der Waals surface area contributed by atoms with Crippen LogP contribution in [0.2, 0.25) is 0 Å². The Bertz CT molecular complexity index is 1440. The van der Waals surface area contributed by atoms with E-state index >= 15 is 0 Å². The minimum absolute atomic E-state index is 0.174. The molecule has 0 saturated heterocycles. The van der Waals surface area contributed by atoms with E-state index in [2.05, 4.69) is 42.7 Å². The van der Waals surface area contributed by atoms with Crippen LogP contribution in [-0.4, -0.2) is 33.1 Å². The van der Waals surface area contributed by atoms with E-state index in [-0.39, 0.29) is 5.91 Å². The van der Waals surface area contributed by atoms with Gasteiger partial charge in [-0.05, 0) is 60.2 Å². The maximum atomic E-state index is 13.1. The molecule has 6 heteroatoms. The van der Waals surface area contributed by atoms with Crippen molar-refractivity contribution in [2.75, 3.05) is 11.4 Å². The molecule has 1 aromatic heterocycles. The quantitative estimate of drug-likeness (QED) is 0.164. The highest BCUT2D eigenvalue weighted by molar-refractivity contribution is 5.96. The van der Waals surface area contributed by atoms with E-state index in [1.807, 2.05) is 42.2 Å². The van der Waals surface area contributed by atoms with Crippen molar-refractivity contribution in [3.05, 3.63) is 83.7 Å². The summed E-state index contributed by atoms with van der Waals surface area (Å²) in [6.45, 7) is 7.79. The molecule has 0 saturated carbocycles. The maximum absolute atomic E-state index is 13.1. The fraction of sp³-hybridized carbons (Fsp3) is 0.382. The first-order valence-corrected chi connectivity index (χ1v) is 14.7. The number of carboxylic acid groups (broad SMARTS) is 1. The molecule has 40 heavy (non-hydrogen) atoms. The second kappa shape index (κ2) is 13.9. The number of anilines is 1. The lowest BCUT2D eigenvalue weighted by Gasteiger charge is -2.23. The first-order valence-electron chi connectivity index (χ1n) is 14.7. The van der Waals surface area contributed by atoms with Crippen molar-refractivity contribution < 1.29 is 14.7 Å². The van der Waals surface area contributed by atoms with Crippen molar-refractivity contribution >= 4 is 28.6 Å². The number of benzene rings is 3. The first-order chi connectivity index (χ1) is 19.5. The smallest absolute Gasteiger partial charge is 0.336 e. The lowest BCUT2D eigenvalue weighted by molar-refractivity contribution is -0.118. The molecule has 0 unspecified atom stereocenters. The third kappa shape index (κ3) is 6.79. The van der Waals surface area contributed by atoms with Gasteiger partial charge in [-0.3, -0.25) is 4.79 Å². The molecule has 1 heterocycles. The van der Waals surface area contributed by atoms with Gasteiger partial charge in [0.15, 0.2) is 0 Å². The minimum atomic E-state index is -0.929. The lowest BCUT2D eigenvalue weighted by atomic mass is 9.99. The van der Waals surface area contributed by atoms with Gasteiger partial charge in [0, 0.05) is 31.6 Å². The number of rotatable bonds is 14. The third-order valence-electron chi connectivity index (χ3n) is 7.39. The monoisotopic (exact) mass is 539 g/mol. The number of unbranched alkanes of at least 4 members (excludes halogenated alkanes) is 3. The molecule has 210 valence electrons. The Labute approximate surface area is 237 Å². The number of hydrogen-bond acceptors (Lipinski definition) is 3. The van der Waals surface area contributed by atoms with E-state index in [1.54, 1.807) is 12.1 Å². The second-order valence-corrected chi connectivity index (χ2v) is 10.4. The predicted molar refractivity (Wildman–Crippen MR) is 163 cm³/mol. The molecule has 4 aromatic rings. The molecule has 6 nitrogen and oxygen atoms in total. The molecule has 0 atom stereocenters. The highest BCUT2D eigenvalue weighted by Gasteiger charge is 2.18. The van der Waals surface area contributed by atoms with Crippen LogP contribution in [0.1, 0.15) is 87.5 Å². The zero-order chi connectivity index (χ0) is 28.5. The Hall–Kier alpha value is -3.93. The van der Waals surface area contributed by atoms with Crippen LogP contribution >= 0.6 is 0 Å². The number of carboxylic acids is 1. The summed E-state index contributed by atoms with van der Waals surface area (Å²) in [4.78, 5) is 31.7. The van der Waals surface area contributed by atoms with Crippen molar-refractivity contribution in [2.24, 2.45) is 0 Å². The fourth-order valence-electron chi connectivity index (χ4n) is 5.19. The SMILES string of the molecule is CCCCCN(C(=O)CCC)c1ccc2nc(CCCC)n(Cc3ccc(-c4ccccc4C(=O)O)cc3)c2c1. The summed E-state index contributed by atoms with van der Waals surface area (Å²) in [6, 6.07) is 21.4. The number of aryl methyl sites for hydroxylation is 1. The van der Waals surface area contributed by atoms with Gasteiger partial charge < -0.3 is 14.6 Å². The highest BCUT2D eigenvalue weighted by atomic mass is 16.4. The maximum Gasteiger partial charge on any atom is 0.336 e. The Morgan fingerprint density at radius 3 is 2.33 bits per heavy atom. The largest absolute Gasteiger partial charge is 0.478 e. The number of carbonyl (C=O) groups excluding carboxylic acids is 1. The van der Waals surface area contributed by atoms with Crippen LogP contribution in [0.5, 0.6) is 0 Å². The highest BCUT2D eigenvalue weighted by Crippen LogP contribution is 2.28. The van der Waals surface area contributed by atoms with Crippen molar-refractivity contribution in [1.82, 2.24) is 9.55 Å². The molecule has 0 aliphatic carbocycles. The number of fused-ring (bicyclic) bond motifs is 1. The summed E-state index contributed by atoms with van der Waals surface area (Å²) in [5.74, 6) is 0.293. The van der Waals surface area contributed by atoms with Gasteiger partial charge in [-0.1, -0.05) is 82.5 Å². The van der Waals surface area contributed by atoms with Crippen molar-refractivity contribution in [2.45, 2.75) is 78.7 Å². The van der Waals surface area contributed by atoms with Crippen LogP contribution in [0.3, 0.4) is 0 Å². The van der Waals surface area contributed by atoms with Crippen molar-refractivity contribution in [3.63, 3.8) is 0 Å². The molecule has 0 fully saturated rings.